The lowest BCUT2D eigenvalue weighted by Gasteiger charge is -2.32. The van der Waals surface area contributed by atoms with E-state index in [9.17, 15) is 0 Å². The molecular weight excluding hydrogens is 248 g/mol. The van der Waals surface area contributed by atoms with Crippen LogP contribution in [0.25, 0.3) is 0 Å². The fourth-order valence-corrected chi connectivity index (χ4v) is 3.29. The van der Waals surface area contributed by atoms with Gasteiger partial charge in [0.15, 0.2) is 0 Å². The second kappa shape index (κ2) is 6.49. The van der Waals surface area contributed by atoms with Crippen LogP contribution in [-0.2, 0) is 0 Å². The summed E-state index contributed by atoms with van der Waals surface area (Å²) in [5.74, 6) is 1.03. The first-order valence-electron chi connectivity index (χ1n) is 8.08. The maximum absolute atomic E-state index is 6.16. The summed E-state index contributed by atoms with van der Waals surface area (Å²) in [6.45, 7) is 2.13. The Bertz CT molecular complexity index is 421. The van der Waals surface area contributed by atoms with Gasteiger partial charge in [0.2, 0.25) is 0 Å². The zero-order chi connectivity index (χ0) is 13.8. The molecule has 0 amide bonds. The highest BCUT2D eigenvalue weighted by molar-refractivity contribution is 5.51. The van der Waals surface area contributed by atoms with E-state index in [-0.39, 0.29) is 0 Å². The highest BCUT2D eigenvalue weighted by Crippen LogP contribution is 2.27. The molecule has 0 radical (unpaired) electrons. The average Bonchev–Trinajstić information content (AvgIpc) is 2.49. The number of nitrogens with zero attached hydrogens (tertiary/aromatic N) is 1. The summed E-state index contributed by atoms with van der Waals surface area (Å²) < 4.78 is 6.16. The first kappa shape index (κ1) is 13.7. The predicted octanol–water partition coefficient (Wildman–Crippen LogP) is 3.33. The van der Waals surface area contributed by atoms with Crippen molar-refractivity contribution in [3.63, 3.8) is 0 Å². The van der Waals surface area contributed by atoms with Crippen molar-refractivity contribution in [1.82, 2.24) is 0 Å². The van der Waals surface area contributed by atoms with Crippen LogP contribution in [0.3, 0.4) is 0 Å². The summed E-state index contributed by atoms with van der Waals surface area (Å²) >= 11 is 0. The first-order chi connectivity index (χ1) is 9.81. The molecular formula is C17H26N2O. The van der Waals surface area contributed by atoms with Crippen molar-refractivity contribution in [2.24, 2.45) is 5.73 Å². The molecule has 0 spiro atoms. The van der Waals surface area contributed by atoms with Gasteiger partial charge in [-0.15, -0.1) is 0 Å². The van der Waals surface area contributed by atoms with Gasteiger partial charge in [-0.2, -0.15) is 0 Å². The summed E-state index contributed by atoms with van der Waals surface area (Å²) in [5, 5.41) is 0. The van der Waals surface area contributed by atoms with Crippen LogP contribution in [-0.4, -0.2) is 25.2 Å². The van der Waals surface area contributed by atoms with Crippen LogP contribution in [0.2, 0.25) is 0 Å². The number of hydrogen-bond acceptors (Lipinski definition) is 3. The van der Waals surface area contributed by atoms with Gasteiger partial charge in [-0.05, 0) is 50.7 Å². The van der Waals surface area contributed by atoms with E-state index in [1.165, 1.54) is 37.8 Å². The second-order valence-electron chi connectivity index (χ2n) is 6.20. The summed E-state index contributed by atoms with van der Waals surface area (Å²) in [7, 11) is 0. The van der Waals surface area contributed by atoms with Crippen molar-refractivity contribution in [2.75, 3.05) is 18.0 Å². The van der Waals surface area contributed by atoms with Gasteiger partial charge in [0.25, 0.3) is 0 Å². The summed E-state index contributed by atoms with van der Waals surface area (Å²) in [5.41, 5.74) is 7.26. The van der Waals surface area contributed by atoms with Gasteiger partial charge in [0.1, 0.15) is 5.75 Å². The van der Waals surface area contributed by atoms with Crippen LogP contribution >= 0.6 is 0 Å². The Kier molecular flexibility index (Phi) is 4.46. The highest BCUT2D eigenvalue weighted by atomic mass is 16.5. The third kappa shape index (κ3) is 3.45. The van der Waals surface area contributed by atoms with Crippen molar-refractivity contribution in [3.05, 3.63) is 24.3 Å². The van der Waals surface area contributed by atoms with Crippen LogP contribution < -0.4 is 15.4 Å². The number of piperidine rings is 1. The molecule has 2 aliphatic rings. The normalized spacial score (nSPS) is 21.9. The minimum Gasteiger partial charge on any atom is -0.490 e. The second-order valence-corrected chi connectivity index (χ2v) is 6.20. The molecule has 0 aromatic heterocycles. The minimum atomic E-state index is 0.382. The molecule has 1 aliphatic carbocycles. The lowest BCUT2D eigenvalue weighted by molar-refractivity contribution is 0.155. The van der Waals surface area contributed by atoms with Crippen molar-refractivity contribution < 1.29 is 4.74 Å². The van der Waals surface area contributed by atoms with E-state index in [2.05, 4.69) is 29.2 Å². The van der Waals surface area contributed by atoms with E-state index < -0.39 is 0 Å². The van der Waals surface area contributed by atoms with Crippen LogP contribution in [0.4, 0.5) is 5.69 Å². The smallest absolute Gasteiger partial charge is 0.121 e. The first-order valence-corrected chi connectivity index (χ1v) is 8.08. The number of anilines is 1. The Morgan fingerprint density at radius 3 is 2.50 bits per heavy atom. The molecule has 1 aliphatic heterocycles. The average molecular weight is 274 g/mol. The molecule has 0 bridgehead atoms. The Labute approximate surface area is 122 Å². The fraction of sp³-hybridized carbons (Fsp3) is 0.647. The van der Waals surface area contributed by atoms with Gasteiger partial charge < -0.3 is 15.4 Å². The molecule has 20 heavy (non-hydrogen) atoms. The van der Waals surface area contributed by atoms with E-state index in [4.69, 9.17) is 10.5 Å². The monoisotopic (exact) mass is 274 g/mol. The Hall–Kier alpha value is -1.22. The largest absolute Gasteiger partial charge is 0.490 e. The van der Waals surface area contributed by atoms with Crippen molar-refractivity contribution >= 4 is 5.69 Å². The number of nitrogens with two attached hydrogens (primary N) is 1. The van der Waals surface area contributed by atoms with Gasteiger partial charge in [-0.25, -0.2) is 0 Å². The number of rotatable bonds is 3. The lowest BCUT2D eigenvalue weighted by atomic mass is 9.98. The summed E-state index contributed by atoms with van der Waals surface area (Å²) in [6.07, 6.45) is 9.03. The number of hydrogen-bond donors (Lipinski definition) is 1. The van der Waals surface area contributed by atoms with Crippen LogP contribution in [0, 0.1) is 0 Å². The minimum absolute atomic E-state index is 0.382. The maximum Gasteiger partial charge on any atom is 0.121 e. The zero-order valence-electron chi connectivity index (χ0n) is 12.3. The van der Waals surface area contributed by atoms with E-state index >= 15 is 0 Å². The molecule has 1 heterocycles. The molecule has 0 atom stereocenters. The number of benzene rings is 1. The Balaban J connectivity index is 1.63. The topological polar surface area (TPSA) is 38.5 Å². The molecule has 1 saturated carbocycles. The third-order valence-electron chi connectivity index (χ3n) is 4.58. The molecule has 0 unspecified atom stereocenters. The lowest BCUT2D eigenvalue weighted by Crippen LogP contribution is -2.39. The molecule has 2 N–H and O–H groups in total. The van der Waals surface area contributed by atoms with Gasteiger partial charge in [-0.3, -0.25) is 0 Å². The van der Waals surface area contributed by atoms with Crippen LogP contribution in [0.15, 0.2) is 24.3 Å². The van der Waals surface area contributed by atoms with Crippen LogP contribution in [0.5, 0.6) is 5.75 Å². The van der Waals surface area contributed by atoms with Gasteiger partial charge >= 0.3 is 0 Å². The van der Waals surface area contributed by atoms with Crippen molar-refractivity contribution in [3.8, 4) is 5.75 Å². The molecule has 3 heteroatoms. The maximum atomic E-state index is 6.16. The standard InChI is InChI=1S/C17H26N2O/c18-14-9-11-19(12-10-14)15-5-4-8-17(13-15)20-16-6-2-1-3-7-16/h4-5,8,13-14,16H,1-3,6-7,9-12,18H2. The molecule has 1 saturated heterocycles. The summed E-state index contributed by atoms with van der Waals surface area (Å²) in [4.78, 5) is 2.43. The van der Waals surface area contributed by atoms with Gasteiger partial charge in [0.05, 0.1) is 6.10 Å². The fourth-order valence-electron chi connectivity index (χ4n) is 3.29. The predicted molar refractivity (Wildman–Crippen MR) is 83.4 cm³/mol. The van der Waals surface area contributed by atoms with E-state index in [1.807, 2.05) is 0 Å². The van der Waals surface area contributed by atoms with E-state index in [0.717, 1.165) is 31.7 Å². The van der Waals surface area contributed by atoms with Crippen LogP contribution in [0.1, 0.15) is 44.9 Å². The van der Waals surface area contributed by atoms with E-state index in [0.29, 0.717) is 12.1 Å². The molecule has 110 valence electrons. The SMILES string of the molecule is NC1CCN(c2cccc(OC3CCCCC3)c2)CC1. The Morgan fingerprint density at radius 1 is 1.00 bits per heavy atom. The third-order valence-corrected chi connectivity index (χ3v) is 4.58. The van der Waals surface area contributed by atoms with Crippen molar-refractivity contribution in [1.29, 1.82) is 0 Å². The van der Waals surface area contributed by atoms with Gasteiger partial charge in [0, 0.05) is 30.9 Å². The highest BCUT2D eigenvalue weighted by Gasteiger charge is 2.18. The molecule has 1 aromatic rings. The Morgan fingerprint density at radius 2 is 1.75 bits per heavy atom. The molecule has 1 aromatic carbocycles. The van der Waals surface area contributed by atoms with E-state index in [1.54, 1.807) is 0 Å². The molecule has 3 nitrogen and oxygen atoms in total. The molecule has 3 rings (SSSR count). The quantitative estimate of drug-likeness (QED) is 0.919. The number of ether oxygens (including phenoxy) is 1. The molecule has 2 fully saturated rings. The summed E-state index contributed by atoms with van der Waals surface area (Å²) in [6, 6.07) is 8.97. The van der Waals surface area contributed by atoms with Gasteiger partial charge in [-0.1, -0.05) is 12.5 Å². The zero-order valence-corrected chi connectivity index (χ0v) is 12.3. The van der Waals surface area contributed by atoms with Crippen molar-refractivity contribution in [2.45, 2.75) is 57.1 Å².